The molecule has 8 heteroatoms. The molecule has 1 unspecified atom stereocenters. The summed E-state index contributed by atoms with van der Waals surface area (Å²) in [5, 5.41) is 2.35. The van der Waals surface area contributed by atoms with Crippen LogP contribution in [0.5, 0.6) is 5.75 Å². The number of carbonyl (C=O) groups excluding carboxylic acids is 3. The zero-order valence-electron chi connectivity index (χ0n) is 18.2. The molecule has 0 bridgehead atoms. The number of hydrogen-bond donors (Lipinski definition) is 1. The molecule has 4 aliphatic heterocycles. The van der Waals surface area contributed by atoms with Gasteiger partial charge >= 0.3 is 0 Å². The molecule has 5 aliphatic rings. The largest absolute Gasteiger partial charge is 0.489 e. The molecule has 4 heterocycles. The van der Waals surface area contributed by atoms with Gasteiger partial charge in [0.15, 0.2) is 0 Å². The highest BCUT2D eigenvalue weighted by Crippen LogP contribution is 2.49. The van der Waals surface area contributed by atoms with Crippen LogP contribution in [0.15, 0.2) is 18.2 Å². The number of hydrogen-bond acceptors (Lipinski definition) is 6. The lowest BCUT2D eigenvalue weighted by atomic mass is 9.63. The van der Waals surface area contributed by atoms with Gasteiger partial charge in [-0.25, -0.2) is 0 Å². The molecule has 4 fully saturated rings. The standard InChI is InChI=1S/C24H29N3O5/c28-21-6-5-20(22(29)25-21)27-11-15-8-17(3-4-19(15)23(27)30)32-18-2-1-7-26(12-18)16-9-24(10-16)13-31-14-24/h3-4,8,16,18,20H,1-2,5-7,9-14H2,(H,25,28,29)/t18-,20?/m1/s1. The second kappa shape index (κ2) is 7.56. The molecule has 1 saturated carbocycles. The SMILES string of the molecule is O=C1CCC(N2Cc3cc(O[C@@H]4CCCN(C5CC6(COC6)C5)C4)ccc3C2=O)C(=O)N1. The third-order valence-corrected chi connectivity index (χ3v) is 7.88. The molecule has 3 amide bonds. The van der Waals surface area contributed by atoms with E-state index in [1.807, 2.05) is 18.2 Å². The summed E-state index contributed by atoms with van der Waals surface area (Å²) in [6, 6.07) is 5.70. The summed E-state index contributed by atoms with van der Waals surface area (Å²) in [4.78, 5) is 40.7. The number of piperidine rings is 2. The number of ether oxygens (including phenoxy) is 2. The molecule has 1 spiro atoms. The number of amides is 3. The smallest absolute Gasteiger partial charge is 0.255 e. The molecular weight excluding hydrogens is 410 g/mol. The Hall–Kier alpha value is -2.45. The summed E-state index contributed by atoms with van der Waals surface area (Å²) in [7, 11) is 0. The number of fused-ring (bicyclic) bond motifs is 1. The first-order valence-electron chi connectivity index (χ1n) is 11.8. The number of likely N-dealkylation sites (tertiary alicyclic amines) is 1. The summed E-state index contributed by atoms with van der Waals surface area (Å²) in [6.07, 6.45) is 5.46. The quantitative estimate of drug-likeness (QED) is 0.715. The highest BCUT2D eigenvalue weighted by molar-refractivity contribution is 6.05. The predicted molar refractivity (Wildman–Crippen MR) is 114 cm³/mol. The molecule has 6 rings (SSSR count). The van der Waals surface area contributed by atoms with E-state index in [0.717, 1.165) is 50.5 Å². The van der Waals surface area contributed by atoms with Gasteiger partial charge in [0.25, 0.3) is 5.91 Å². The Kier molecular flexibility index (Phi) is 4.76. The van der Waals surface area contributed by atoms with Gasteiger partial charge < -0.3 is 14.4 Å². The Morgan fingerprint density at radius 2 is 1.97 bits per heavy atom. The van der Waals surface area contributed by atoms with Crippen LogP contribution in [0.2, 0.25) is 0 Å². The maximum atomic E-state index is 12.9. The van der Waals surface area contributed by atoms with E-state index >= 15 is 0 Å². The van der Waals surface area contributed by atoms with Crippen molar-refractivity contribution in [2.24, 2.45) is 5.41 Å². The Morgan fingerprint density at radius 1 is 1.12 bits per heavy atom. The van der Waals surface area contributed by atoms with E-state index in [9.17, 15) is 14.4 Å². The molecule has 3 saturated heterocycles. The van der Waals surface area contributed by atoms with Crippen molar-refractivity contribution in [3.8, 4) is 5.75 Å². The maximum absolute atomic E-state index is 12.9. The summed E-state index contributed by atoms with van der Waals surface area (Å²) < 4.78 is 11.8. The summed E-state index contributed by atoms with van der Waals surface area (Å²) in [6.45, 7) is 4.32. The Labute approximate surface area is 187 Å². The molecule has 32 heavy (non-hydrogen) atoms. The van der Waals surface area contributed by atoms with Crippen molar-refractivity contribution in [3.63, 3.8) is 0 Å². The highest BCUT2D eigenvalue weighted by atomic mass is 16.5. The Balaban J connectivity index is 1.09. The van der Waals surface area contributed by atoms with Crippen LogP contribution in [0.4, 0.5) is 0 Å². The second-order valence-corrected chi connectivity index (χ2v) is 10.2. The monoisotopic (exact) mass is 439 g/mol. The lowest BCUT2D eigenvalue weighted by Crippen LogP contribution is -2.61. The van der Waals surface area contributed by atoms with Gasteiger partial charge in [0.05, 0.1) is 13.2 Å². The van der Waals surface area contributed by atoms with Crippen molar-refractivity contribution in [1.29, 1.82) is 0 Å². The molecule has 8 nitrogen and oxygen atoms in total. The van der Waals surface area contributed by atoms with Crippen LogP contribution >= 0.6 is 0 Å². The number of benzene rings is 1. The molecule has 2 atom stereocenters. The zero-order chi connectivity index (χ0) is 21.9. The average molecular weight is 440 g/mol. The van der Waals surface area contributed by atoms with E-state index in [4.69, 9.17) is 9.47 Å². The molecule has 1 aliphatic carbocycles. The molecule has 0 radical (unpaired) electrons. The van der Waals surface area contributed by atoms with Gasteiger partial charge in [-0.2, -0.15) is 0 Å². The van der Waals surface area contributed by atoms with Crippen LogP contribution in [0.1, 0.15) is 54.4 Å². The first-order valence-corrected chi connectivity index (χ1v) is 11.8. The number of imide groups is 1. The third-order valence-electron chi connectivity index (χ3n) is 7.88. The van der Waals surface area contributed by atoms with Crippen LogP contribution in [0, 0.1) is 5.41 Å². The fourth-order valence-corrected chi connectivity index (χ4v) is 6.04. The van der Waals surface area contributed by atoms with Crippen molar-refractivity contribution in [2.45, 2.75) is 63.3 Å². The maximum Gasteiger partial charge on any atom is 0.255 e. The van der Waals surface area contributed by atoms with Crippen LogP contribution in [0.25, 0.3) is 0 Å². The van der Waals surface area contributed by atoms with Gasteiger partial charge in [-0.05, 0) is 62.4 Å². The van der Waals surface area contributed by atoms with Crippen LogP contribution in [-0.4, -0.2) is 72.0 Å². The predicted octanol–water partition coefficient (Wildman–Crippen LogP) is 1.47. The van der Waals surface area contributed by atoms with E-state index in [1.165, 1.54) is 12.8 Å². The first kappa shape index (κ1) is 20.2. The van der Waals surface area contributed by atoms with Crippen LogP contribution in [-0.2, 0) is 20.9 Å². The summed E-state index contributed by atoms with van der Waals surface area (Å²) in [5.41, 5.74) is 1.98. The van der Waals surface area contributed by atoms with Gasteiger partial charge in [-0.3, -0.25) is 24.6 Å². The van der Waals surface area contributed by atoms with Gasteiger partial charge in [-0.15, -0.1) is 0 Å². The lowest BCUT2D eigenvalue weighted by Gasteiger charge is -2.57. The van der Waals surface area contributed by atoms with Crippen LogP contribution < -0.4 is 10.1 Å². The van der Waals surface area contributed by atoms with Crippen molar-refractivity contribution >= 4 is 17.7 Å². The topological polar surface area (TPSA) is 88.2 Å². The van der Waals surface area contributed by atoms with E-state index in [2.05, 4.69) is 10.2 Å². The van der Waals surface area contributed by atoms with E-state index < -0.39 is 6.04 Å². The fraction of sp³-hybridized carbons (Fsp3) is 0.625. The third kappa shape index (κ3) is 3.40. The molecular formula is C24H29N3O5. The average Bonchev–Trinajstić information content (AvgIpc) is 3.02. The Bertz CT molecular complexity index is 966. The highest BCUT2D eigenvalue weighted by Gasteiger charge is 2.52. The van der Waals surface area contributed by atoms with Gasteiger partial charge in [0.2, 0.25) is 11.8 Å². The van der Waals surface area contributed by atoms with Crippen molar-refractivity contribution < 1.29 is 23.9 Å². The Morgan fingerprint density at radius 3 is 2.72 bits per heavy atom. The normalized spacial score (nSPS) is 30.0. The molecule has 1 aromatic carbocycles. The first-order chi connectivity index (χ1) is 15.5. The summed E-state index contributed by atoms with van der Waals surface area (Å²) in [5.74, 6) is -0.0205. The number of nitrogens with one attached hydrogen (secondary N) is 1. The zero-order valence-corrected chi connectivity index (χ0v) is 18.2. The number of nitrogens with zero attached hydrogens (tertiary/aromatic N) is 2. The summed E-state index contributed by atoms with van der Waals surface area (Å²) >= 11 is 0. The molecule has 1 aromatic rings. The fourth-order valence-electron chi connectivity index (χ4n) is 6.04. The number of carbonyl (C=O) groups is 3. The van der Waals surface area contributed by atoms with Gasteiger partial charge in [-0.1, -0.05) is 0 Å². The van der Waals surface area contributed by atoms with Gasteiger partial charge in [0.1, 0.15) is 17.9 Å². The minimum Gasteiger partial charge on any atom is -0.489 e. The van der Waals surface area contributed by atoms with E-state index in [-0.39, 0.29) is 30.2 Å². The van der Waals surface area contributed by atoms with Crippen molar-refractivity contribution in [3.05, 3.63) is 29.3 Å². The van der Waals surface area contributed by atoms with Crippen molar-refractivity contribution in [1.82, 2.24) is 15.1 Å². The second-order valence-electron chi connectivity index (χ2n) is 10.2. The molecule has 1 N–H and O–H groups in total. The molecule has 170 valence electrons. The van der Waals surface area contributed by atoms with E-state index in [1.54, 1.807) is 4.90 Å². The minimum absolute atomic E-state index is 0.149. The van der Waals surface area contributed by atoms with Crippen molar-refractivity contribution in [2.75, 3.05) is 26.3 Å². The van der Waals surface area contributed by atoms with Crippen LogP contribution in [0.3, 0.4) is 0 Å². The van der Waals surface area contributed by atoms with Gasteiger partial charge in [0, 0.05) is 36.5 Å². The minimum atomic E-state index is -0.587. The molecule has 0 aromatic heterocycles. The van der Waals surface area contributed by atoms with E-state index in [0.29, 0.717) is 30.0 Å². The number of rotatable bonds is 4. The lowest BCUT2D eigenvalue weighted by molar-refractivity contribution is -0.187.